The molecule has 18 heavy (non-hydrogen) atoms. The van der Waals surface area contributed by atoms with Gasteiger partial charge in [-0.3, -0.25) is 10.1 Å². The molecule has 1 aromatic carbocycles. The lowest BCUT2D eigenvalue weighted by molar-refractivity contribution is -0.118. The van der Waals surface area contributed by atoms with Gasteiger partial charge in [-0.15, -0.1) is 11.8 Å². The van der Waals surface area contributed by atoms with E-state index in [1.165, 1.54) is 0 Å². The molecule has 98 valence electrons. The molecule has 0 aliphatic carbocycles. The molecule has 1 atom stereocenters. The molecular formula is C12H14F2N2OS. The number of hydrogen-bond acceptors (Lipinski definition) is 3. The summed E-state index contributed by atoms with van der Waals surface area (Å²) in [6.45, 7) is -0.435. The number of carbonyl (C=O) groups excluding carboxylic acids is 1. The average molecular weight is 272 g/mol. The molecule has 2 rings (SSSR count). The normalized spacial score (nSPS) is 21.8. The number of benzene rings is 1. The number of hydrogen-bond donors (Lipinski definition) is 2. The van der Waals surface area contributed by atoms with Gasteiger partial charge in [0, 0.05) is 17.0 Å². The number of nitrogens with one attached hydrogen (secondary N) is 2. The zero-order valence-corrected chi connectivity index (χ0v) is 10.7. The highest BCUT2D eigenvalue weighted by molar-refractivity contribution is 7.98. The van der Waals surface area contributed by atoms with Crippen LogP contribution in [0.5, 0.6) is 0 Å². The van der Waals surface area contributed by atoms with Gasteiger partial charge in [-0.2, -0.15) is 0 Å². The molecule has 2 N–H and O–H groups in total. The Morgan fingerprint density at radius 2 is 2.33 bits per heavy atom. The van der Waals surface area contributed by atoms with Crippen molar-refractivity contribution in [2.24, 2.45) is 0 Å². The van der Waals surface area contributed by atoms with Gasteiger partial charge in [0.25, 0.3) is 5.92 Å². The molecular weight excluding hydrogens is 258 g/mol. The molecule has 1 unspecified atom stereocenters. The number of anilines is 1. The topological polar surface area (TPSA) is 41.1 Å². The van der Waals surface area contributed by atoms with Gasteiger partial charge in [0.2, 0.25) is 5.91 Å². The number of rotatable bonds is 3. The second-order valence-electron chi connectivity index (χ2n) is 4.21. The maximum Gasteiger partial charge on any atom is 0.262 e. The van der Waals surface area contributed by atoms with Crippen molar-refractivity contribution < 1.29 is 13.6 Å². The van der Waals surface area contributed by atoms with Gasteiger partial charge >= 0.3 is 0 Å². The molecule has 0 radical (unpaired) electrons. The zero-order valence-electron chi connectivity index (χ0n) is 9.87. The van der Waals surface area contributed by atoms with Crippen molar-refractivity contribution in [1.29, 1.82) is 0 Å². The van der Waals surface area contributed by atoms with E-state index in [9.17, 15) is 13.6 Å². The van der Waals surface area contributed by atoms with Crippen LogP contribution in [0.2, 0.25) is 0 Å². The summed E-state index contributed by atoms with van der Waals surface area (Å²) in [4.78, 5) is 12.8. The first-order valence-electron chi connectivity index (χ1n) is 5.56. The molecule has 3 nitrogen and oxygen atoms in total. The standard InChI is InChI=1S/C12H14F2N2OS/c1-18-9-4-2-3-8(5-9)16-11(17)10-6-12(13,14)7-15-10/h2-5,10,15H,6-7H2,1H3,(H,16,17). The maximum atomic E-state index is 13.0. The van der Waals surface area contributed by atoms with Crippen LogP contribution < -0.4 is 10.6 Å². The molecule has 1 aliphatic heterocycles. The summed E-state index contributed by atoms with van der Waals surface area (Å²) in [5.74, 6) is -3.20. The Bertz CT molecular complexity index is 453. The maximum absolute atomic E-state index is 13.0. The molecule has 1 aromatic rings. The Labute approximate surface area is 108 Å². The summed E-state index contributed by atoms with van der Waals surface area (Å²) in [5.41, 5.74) is 0.629. The van der Waals surface area contributed by atoms with Crippen LogP contribution in [-0.2, 0) is 4.79 Å². The fourth-order valence-corrected chi connectivity index (χ4v) is 2.29. The summed E-state index contributed by atoms with van der Waals surface area (Å²) in [6.07, 6.45) is 1.49. The molecule has 0 aromatic heterocycles. The minimum absolute atomic E-state index is 0.412. The van der Waals surface area contributed by atoms with Crippen molar-refractivity contribution in [2.45, 2.75) is 23.3 Å². The summed E-state index contributed by atoms with van der Waals surface area (Å²) < 4.78 is 25.9. The Kier molecular flexibility index (Phi) is 3.87. The van der Waals surface area contributed by atoms with E-state index >= 15 is 0 Å². The van der Waals surface area contributed by atoms with Crippen LogP contribution >= 0.6 is 11.8 Å². The number of halogens is 2. The minimum atomic E-state index is -2.79. The van der Waals surface area contributed by atoms with Gasteiger partial charge in [-0.1, -0.05) is 6.07 Å². The summed E-state index contributed by atoms with van der Waals surface area (Å²) in [6, 6.07) is 6.47. The van der Waals surface area contributed by atoms with Crippen molar-refractivity contribution in [3.05, 3.63) is 24.3 Å². The molecule has 1 aliphatic rings. The van der Waals surface area contributed by atoms with Crippen molar-refractivity contribution in [1.82, 2.24) is 5.32 Å². The first-order valence-corrected chi connectivity index (χ1v) is 6.79. The van der Waals surface area contributed by atoms with Crippen LogP contribution in [0.25, 0.3) is 0 Å². The number of carbonyl (C=O) groups is 1. The predicted octanol–water partition coefficient (Wildman–Crippen LogP) is 2.34. The summed E-state index contributed by atoms with van der Waals surface area (Å²) >= 11 is 1.56. The molecule has 1 amide bonds. The van der Waals surface area contributed by atoms with E-state index in [0.717, 1.165) is 4.90 Å². The predicted molar refractivity (Wildman–Crippen MR) is 68.2 cm³/mol. The Morgan fingerprint density at radius 3 is 2.94 bits per heavy atom. The van der Waals surface area contributed by atoms with Gasteiger partial charge < -0.3 is 5.32 Å². The van der Waals surface area contributed by atoms with Crippen LogP contribution in [-0.4, -0.2) is 30.7 Å². The highest BCUT2D eigenvalue weighted by Crippen LogP contribution is 2.26. The highest BCUT2D eigenvalue weighted by atomic mass is 32.2. The van der Waals surface area contributed by atoms with E-state index in [1.54, 1.807) is 17.8 Å². The summed E-state index contributed by atoms with van der Waals surface area (Å²) in [5, 5.41) is 5.18. The monoisotopic (exact) mass is 272 g/mol. The van der Waals surface area contributed by atoms with Crippen molar-refractivity contribution >= 4 is 23.4 Å². The zero-order chi connectivity index (χ0) is 13.2. The number of thioether (sulfide) groups is 1. The fraction of sp³-hybridized carbons (Fsp3) is 0.417. The minimum Gasteiger partial charge on any atom is -0.325 e. The molecule has 1 fully saturated rings. The third-order valence-electron chi connectivity index (χ3n) is 2.76. The van der Waals surface area contributed by atoms with E-state index in [-0.39, 0.29) is 0 Å². The Morgan fingerprint density at radius 1 is 1.56 bits per heavy atom. The van der Waals surface area contributed by atoms with Gasteiger partial charge in [0.15, 0.2) is 0 Å². The molecule has 0 saturated carbocycles. The van der Waals surface area contributed by atoms with Crippen molar-refractivity contribution in [3.8, 4) is 0 Å². The van der Waals surface area contributed by atoms with Gasteiger partial charge in [-0.25, -0.2) is 8.78 Å². The smallest absolute Gasteiger partial charge is 0.262 e. The molecule has 0 bridgehead atoms. The van der Waals surface area contributed by atoms with Gasteiger partial charge in [-0.05, 0) is 24.5 Å². The fourth-order valence-electron chi connectivity index (χ4n) is 1.83. The second-order valence-corrected chi connectivity index (χ2v) is 5.09. The van der Waals surface area contributed by atoms with Crippen molar-refractivity contribution in [3.63, 3.8) is 0 Å². The van der Waals surface area contributed by atoms with E-state index in [0.29, 0.717) is 5.69 Å². The van der Waals surface area contributed by atoms with E-state index < -0.39 is 30.8 Å². The van der Waals surface area contributed by atoms with Crippen LogP contribution in [0.4, 0.5) is 14.5 Å². The molecule has 1 saturated heterocycles. The van der Waals surface area contributed by atoms with E-state index in [1.807, 2.05) is 24.5 Å². The summed E-state index contributed by atoms with van der Waals surface area (Å²) in [7, 11) is 0. The molecule has 0 spiro atoms. The first-order chi connectivity index (χ1) is 8.50. The molecule has 1 heterocycles. The van der Waals surface area contributed by atoms with Crippen molar-refractivity contribution in [2.75, 3.05) is 18.1 Å². The van der Waals surface area contributed by atoms with Crippen LogP contribution in [0.3, 0.4) is 0 Å². The quantitative estimate of drug-likeness (QED) is 0.830. The SMILES string of the molecule is CSc1cccc(NC(=O)C2CC(F)(F)CN2)c1. The van der Waals surface area contributed by atoms with Crippen LogP contribution in [0, 0.1) is 0 Å². The Hall–Kier alpha value is -1.14. The van der Waals surface area contributed by atoms with E-state index in [4.69, 9.17) is 0 Å². The van der Waals surface area contributed by atoms with Crippen LogP contribution in [0.1, 0.15) is 6.42 Å². The van der Waals surface area contributed by atoms with Gasteiger partial charge in [0.1, 0.15) is 0 Å². The van der Waals surface area contributed by atoms with E-state index in [2.05, 4.69) is 10.6 Å². The van der Waals surface area contributed by atoms with Crippen LogP contribution in [0.15, 0.2) is 29.2 Å². The lowest BCUT2D eigenvalue weighted by atomic mass is 10.2. The number of alkyl halides is 2. The highest BCUT2D eigenvalue weighted by Gasteiger charge is 2.42. The number of amides is 1. The first kappa shape index (κ1) is 13.3. The lowest BCUT2D eigenvalue weighted by Crippen LogP contribution is -2.35. The third-order valence-corrected chi connectivity index (χ3v) is 3.49. The Balaban J connectivity index is 1.99. The molecule has 6 heteroatoms. The lowest BCUT2D eigenvalue weighted by Gasteiger charge is -2.11. The second kappa shape index (κ2) is 5.24. The largest absolute Gasteiger partial charge is 0.325 e. The average Bonchev–Trinajstić information content (AvgIpc) is 2.70. The third kappa shape index (κ3) is 3.20. The van der Waals surface area contributed by atoms with Gasteiger partial charge in [0.05, 0.1) is 12.6 Å².